The first kappa shape index (κ1) is 9.37. The molecule has 0 N–H and O–H groups in total. The number of rotatable bonds is 6. The van der Waals surface area contributed by atoms with Crippen LogP contribution in [0.15, 0.2) is 12.7 Å². The molecule has 0 aliphatic carbocycles. The third-order valence-electron chi connectivity index (χ3n) is 1.05. The summed E-state index contributed by atoms with van der Waals surface area (Å²) in [6.07, 6.45) is 3.15. The van der Waals surface area contributed by atoms with E-state index in [2.05, 4.69) is 6.58 Å². The molecule has 0 unspecified atom stereocenters. The van der Waals surface area contributed by atoms with Gasteiger partial charge in [0.1, 0.15) is 5.78 Å². The molecule has 0 saturated heterocycles. The SMILES string of the molecule is C=CCOCCCC(C)=O. The van der Waals surface area contributed by atoms with E-state index < -0.39 is 0 Å². The van der Waals surface area contributed by atoms with Crippen molar-refractivity contribution in [3.8, 4) is 0 Å². The van der Waals surface area contributed by atoms with Crippen LogP contribution in [0, 0.1) is 0 Å². The summed E-state index contributed by atoms with van der Waals surface area (Å²) in [4.78, 5) is 10.4. The Hall–Kier alpha value is -0.630. The predicted molar refractivity (Wildman–Crippen MR) is 40.9 cm³/mol. The van der Waals surface area contributed by atoms with Crippen molar-refractivity contribution < 1.29 is 9.53 Å². The van der Waals surface area contributed by atoms with Crippen LogP contribution in [0.4, 0.5) is 0 Å². The van der Waals surface area contributed by atoms with Gasteiger partial charge in [-0.3, -0.25) is 0 Å². The number of Topliss-reactive ketones (excluding diaryl/α,β-unsaturated/α-hetero) is 1. The average molecular weight is 142 g/mol. The number of ketones is 1. The third kappa shape index (κ3) is 7.37. The Labute approximate surface area is 61.9 Å². The molecule has 0 aliphatic heterocycles. The Morgan fingerprint density at radius 1 is 1.70 bits per heavy atom. The van der Waals surface area contributed by atoms with Gasteiger partial charge in [0.05, 0.1) is 6.61 Å². The van der Waals surface area contributed by atoms with Crippen LogP contribution < -0.4 is 0 Å². The van der Waals surface area contributed by atoms with Gasteiger partial charge in [0.15, 0.2) is 0 Å². The van der Waals surface area contributed by atoms with Crippen molar-refractivity contribution in [3.63, 3.8) is 0 Å². The zero-order valence-corrected chi connectivity index (χ0v) is 6.43. The van der Waals surface area contributed by atoms with Crippen molar-refractivity contribution in [1.82, 2.24) is 0 Å². The van der Waals surface area contributed by atoms with E-state index in [1.165, 1.54) is 0 Å². The van der Waals surface area contributed by atoms with Crippen LogP contribution in [-0.2, 0) is 9.53 Å². The normalized spacial score (nSPS) is 9.30. The molecule has 0 aliphatic rings. The second kappa shape index (κ2) is 6.49. The smallest absolute Gasteiger partial charge is 0.129 e. The summed E-state index contributed by atoms with van der Waals surface area (Å²) in [5.41, 5.74) is 0. The lowest BCUT2D eigenvalue weighted by molar-refractivity contribution is -0.117. The lowest BCUT2D eigenvalue weighted by atomic mass is 10.2. The molecule has 0 aromatic rings. The molecule has 0 spiro atoms. The molecule has 0 amide bonds. The van der Waals surface area contributed by atoms with E-state index in [1.807, 2.05) is 0 Å². The predicted octanol–water partition coefficient (Wildman–Crippen LogP) is 1.56. The van der Waals surface area contributed by atoms with Gasteiger partial charge in [-0.2, -0.15) is 0 Å². The van der Waals surface area contributed by atoms with Gasteiger partial charge < -0.3 is 9.53 Å². The molecule has 0 saturated carbocycles. The van der Waals surface area contributed by atoms with E-state index >= 15 is 0 Å². The molecule has 2 nitrogen and oxygen atoms in total. The summed E-state index contributed by atoms with van der Waals surface area (Å²) < 4.78 is 5.06. The summed E-state index contributed by atoms with van der Waals surface area (Å²) in [7, 11) is 0. The number of ether oxygens (including phenoxy) is 1. The second-order valence-corrected chi connectivity index (χ2v) is 2.17. The van der Waals surface area contributed by atoms with Crippen LogP contribution in [0.5, 0.6) is 0 Å². The van der Waals surface area contributed by atoms with Crippen molar-refractivity contribution in [2.45, 2.75) is 19.8 Å². The van der Waals surface area contributed by atoms with Gasteiger partial charge in [-0.25, -0.2) is 0 Å². The number of hydrogen-bond acceptors (Lipinski definition) is 2. The lowest BCUT2D eigenvalue weighted by Gasteiger charge is -1.97. The van der Waals surface area contributed by atoms with E-state index in [0.29, 0.717) is 19.6 Å². The maximum absolute atomic E-state index is 10.4. The number of hydrogen-bond donors (Lipinski definition) is 0. The summed E-state index contributed by atoms with van der Waals surface area (Å²) in [5.74, 6) is 0.224. The van der Waals surface area contributed by atoms with Crippen molar-refractivity contribution in [3.05, 3.63) is 12.7 Å². The molecule has 0 rings (SSSR count). The first-order valence-electron chi connectivity index (χ1n) is 3.45. The molecular formula is C8H14O2. The van der Waals surface area contributed by atoms with Crippen molar-refractivity contribution >= 4 is 5.78 Å². The fraction of sp³-hybridized carbons (Fsp3) is 0.625. The molecule has 0 fully saturated rings. The third-order valence-corrected chi connectivity index (χ3v) is 1.05. The van der Waals surface area contributed by atoms with Gasteiger partial charge in [-0.1, -0.05) is 6.08 Å². The Bertz CT molecular complexity index is 108. The molecule has 0 atom stereocenters. The van der Waals surface area contributed by atoms with Crippen LogP contribution >= 0.6 is 0 Å². The quantitative estimate of drug-likeness (QED) is 0.415. The fourth-order valence-electron chi connectivity index (χ4n) is 0.590. The zero-order chi connectivity index (χ0) is 7.82. The van der Waals surface area contributed by atoms with Crippen LogP contribution in [0.25, 0.3) is 0 Å². The number of carbonyl (C=O) groups excluding carboxylic acids is 1. The lowest BCUT2D eigenvalue weighted by Crippen LogP contribution is -1.97. The van der Waals surface area contributed by atoms with Crippen LogP contribution in [-0.4, -0.2) is 19.0 Å². The van der Waals surface area contributed by atoms with E-state index in [9.17, 15) is 4.79 Å². The minimum Gasteiger partial charge on any atom is -0.377 e. The standard InChI is InChI=1S/C8H14O2/c1-3-6-10-7-4-5-8(2)9/h3H,1,4-7H2,2H3. The minimum absolute atomic E-state index is 0.224. The summed E-state index contributed by atoms with van der Waals surface area (Å²) in [5, 5.41) is 0. The maximum atomic E-state index is 10.4. The highest BCUT2D eigenvalue weighted by Crippen LogP contribution is 1.90. The van der Waals surface area contributed by atoms with Crippen LogP contribution in [0.3, 0.4) is 0 Å². The molecule has 0 radical (unpaired) electrons. The average Bonchev–Trinajstić information content (AvgIpc) is 1.87. The topological polar surface area (TPSA) is 26.3 Å². The van der Waals surface area contributed by atoms with Crippen molar-refractivity contribution in [1.29, 1.82) is 0 Å². The van der Waals surface area contributed by atoms with Crippen LogP contribution in [0.2, 0.25) is 0 Å². The van der Waals surface area contributed by atoms with E-state index in [4.69, 9.17) is 4.74 Å². The largest absolute Gasteiger partial charge is 0.377 e. The Morgan fingerprint density at radius 3 is 2.90 bits per heavy atom. The van der Waals surface area contributed by atoms with Gasteiger partial charge in [0.2, 0.25) is 0 Å². The van der Waals surface area contributed by atoms with E-state index in [1.54, 1.807) is 13.0 Å². The fourth-order valence-corrected chi connectivity index (χ4v) is 0.590. The maximum Gasteiger partial charge on any atom is 0.129 e. The van der Waals surface area contributed by atoms with Gasteiger partial charge in [0.25, 0.3) is 0 Å². The highest BCUT2D eigenvalue weighted by molar-refractivity contribution is 5.75. The monoisotopic (exact) mass is 142 g/mol. The van der Waals surface area contributed by atoms with Gasteiger partial charge >= 0.3 is 0 Å². The van der Waals surface area contributed by atoms with Crippen molar-refractivity contribution in [2.24, 2.45) is 0 Å². The Kier molecular flexibility index (Phi) is 6.08. The summed E-state index contributed by atoms with van der Waals surface area (Å²) in [6, 6.07) is 0. The minimum atomic E-state index is 0.224. The molecule has 10 heavy (non-hydrogen) atoms. The Balaban J connectivity index is 2.90. The molecule has 58 valence electrons. The second-order valence-electron chi connectivity index (χ2n) is 2.17. The molecule has 0 aromatic carbocycles. The summed E-state index contributed by atoms with van der Waals surface area (Å²) >= 11 is 0. The first-order valence-corrected chi connectivity index (χ1v) is 3.45. The van der Waals surface area contributed by atoms with E-state index in [0.717, 1.165) is 6.42 Å². The Morgan fingerprint density at radius 2 is 2.40 bits per heavy atom. The summed E-state index contributed by atoms with van der Waals surface area (Å²) in [6.45, 7) is 6.33. The highest BCUT2D eigenvalue weighted by atomic mass is 16.5. The van der Waals surface area contributed by atoms with Gasteiger partial charge in [-0.15, -0.1) is 6.58 Å². The van der Waals surface area contributed by atoms with Crippen molar-refractivity contribution in [2.75, 3.05) is 13.2 Å². The van der Waals surface area contributed by atoms with E-state index in [-0.39, 0.29) is 5.78 Å². The molecule has 0 heterocycles. The number of carbonyl (C=O) groups is 1. The molecular weight excluding hydrogens is 128 g/mol. The highest BCUT2D eigenvalue weighted by Gasteiger charge is 1.91. The molecule has 2 heteroatoms. The van der Waals surface area contributed by atoms with Gasteiger partial charge in [0, 0.05) is 13.0 Å². The molecule has 0 bridgehead atoms. The first-order chi connectivity index (χ1) is 4.77. The molecule has 0 aromatic heterocycles. The zero-order valence-electron chi connectivity index (χ0n) is 6.43. The van der Waals surface area contributed by atoms with Crippen LogP contribution in [0.1, 0.15) is 19.8 Å². The van der Waals surface area contributed by atoms with Gasteiger partial charge in [-0.05, 0) is 13.3 Å².